The van der Waals surface area contributed by atoms with E-state index >= 15 is 0 Å². The van der Waals surface area contributed by atoms with Gasteiger partial charge in [0, 0.05) is 6.04 Å². The number of aromatic nitrogens is 2. The molecule has 5 N–H and O–H groups in total. The van der Waals surface area contributed by atoms with E-state index in [0.717, 1.165) is 5.69 Å². The average Bonchev–Trinajstić information content (AvgIpc) is 2.64. The Hall–Kier alpha value is -1.27. The average molecular weight is 256 g/mol. The van der Waals surface area contributed by atoms with Crippen molar-refractivity contribution >= 4 is 11.5 Å². The lowest BCUT2D eigenvalue weighted by Gasteiger charge is -2.31. The van der Waals surface area contributed by atoms with Gasteiger partial charge in [-0.25, -0.2) is 4.68 Å². The predicted molar refractivity (Wildman–Crippen MR) is 72.6 cm³/mol. The van der Waals surface area contributed by atoms with Crippen LogP contribution in [0.25, 0.3) is 0 Å². The SMILES string of the molecule is CCC(CO)(CO)Nc1c(N)c(C)nn1C(C)C. The van der Waals surface area contributed by atoms with Gasteiger partial charge < -0.3 is 21.3 Å². The number of rotatable bonds is 6. The Kier molecular flexibility index (Phi) is 4.59. The topological polar surface area (TPSA) is 96.3 Å². The third kappa shape index (κ3) is 2.59. The zero-order valence-electron chi connectivity index (χ0n) is 11.6. The molecule has 6 heteroatoms. The summed E-state index contributed by atoms with van der Waals surface area (Å²) in [5, 5.41) is 26.5. The molecule has 1 rings (SSSR count). The van der Waals surface area contributed by atoms with Gasteiger partial charge in [-0.3, -0.25) is 0 Å². The molecule has 0 fully saturated rings. The minimum atomic E-state index is -0.771. The van der Waals surface area contributed by atoms with E-state index in [4.69, 9.17) is 5.73 Å². The minimum absolute atomic E-state index is 0.149. The number of anilines is 2. The summed E-state index contributed by atoms with van der Waals surface area (Å²) in [6.45, 7) is 7.41. The van der Waals surface area contributed by atoms with Crippen molar-refractivity contribution in [3.05, 3.63) is 5.69 Å². The highest BCUT2D eigenvalue weighted by Crippen LogP contribution is 2.29. The molecule has 0 aliphatic rings. The smallest absolute Gasteiger partial charge is 0.148 e. The van der Waals surface area contributed by atoms with Crippen molar-refractivity contribution in [2.45, 2.75) is 45.7 Å². The lowest BCUT2D eigenvalue weighted by Crippen LogP contribution is -2.46. The van der Waals surface area contributed by atoms with E-state index in [1.165, 1.54) is 0 Å². The molecule has 0 bridgehead atoms. The molecule has 0 atom stereocenters. The minimum Gasteiger partial charge on any atom is -0.394 e. The predicted octanol–water partition coefficient (Wildman–Crippen LogP) is 0.900. The third-order valence-electron chi connectivity index (χ3n) is 3.29. The number of hydrogen-bond donors (Lipinski definition) is 4. The largest absolute Gasteiger partial charge is 0.394 e. The van der Waals surface area contributed by atoms with Crippen LogP contribution < -0.4 is 11.1 Å². The van der Waals surface area contributed by atoms with Crippen LogP contribution in [-0.2, 0) is 0 Å². The van der Waals surface area contributed by atoms with E-state index in [-0.39, 0.29) is 19.3 Å². The summed E-state index contributed by atoms with van der Waals surface area (Å²) < 4.78 is 1.78. The Balaban J connectivity index is 3.16. The Morgan fingerprint density at radius 1 is 1.39 bits per heavy atom. The van der Waals surface area contributed by atoms with Crippen LogP contribution >= 0.6 is 0 Å². The second kappa shape index (κ2) is 5.58. The highest BCUT2D eigenvalue weighted by molar-refractivity contribution is 5.66. The fraction of sp³-hybridized carbons (Fsp3) is 0.750. The van der Waals surface area contributed by atoms with Gasteiger partial charge in [0.1, 0.15) is 5.82 Å². The van der Waals surface area contributed by atoms with E-state index in [1.54, 1.807) is 4.68 Å². The van der Waals surface area contributed by atoms with E-state index in [1.807, 2.05) is 27.7 Å². The number of nitrogen functional groups attached to an aromatic ring is 1. The van der Waals surface area contributed by atoms with E-state index < -0.39 is 5.54 Å². The molecule has 104 valence electrons. The molecule has 0 spiro atoms. The second-order valence-corrected chi connectivity index (χ2v) is 4.96. The molecule has 0 aliphatic heterocycles. The van der Waals surface area contributed by atoms with Crippen LogP contribution in [0.15, 0.2) is 0 Å². The molecule has 1 heterocycles. The van der Waals surface area contributed by atoms with Gasteiger partial charge in [-0.05, 0) is 27.2 Å². The van der Waals surface area contributed by atoms with Crippen molar-refractivity contribution in [2.24, 2.45) is 0 Å². The Bertz CT molecular complexity index is 389. The maximum atomic E-state index is 9.47. The lowest BCUT2D eigenvalue weighted by atomic mass is 9.98. The molecular weight excluding hydrogens is 232 g/mol. The fourth-order valence-corrected chi connectivity index (χ4v) is 1.75. The number of nitrogens with zero attached hydrogens (tertiary/aromatic N) is 2. The summed E-state index contributed by atoms with van der Waals surface area (Å²) in [5.41, 5.74) is 6.53. The van der Waals surface area contributed by atoms with Gasteiger partial charge in [0.2, 0.25) is 0 Å². The van der Waals surface area contributed by atoms with Crippen molar-refractivity contribution in [3.8, 4) is 0 Å². The first-order chi connectivity index (χ1) is 8.40. The van der Waals surface area contributed by atoms with E-state index in [0.29, 0.717) is 17.9 Å². The van der Waals surface area contributed by atoms with Gasteiger partial charge in [0.05, 0.1) is 30.1 Å². The molecule has 0 amide bonds. The molecule has 0 radical (unpaired) electrons. The third-order valence-corrected chi connectivity index (χ3v) is 3.29. The maximum absolute atomic E-state index is 9.47. The summed E-state index contributed by atoms with van der Waals surface area (Å²) in [7, 11) is 0. The monoisotopic (exact) mass is 256 g/mol. The lowest BCUT2D eigenvalue weighted by molar-refractivity contribution is 0.132. The van der Waals surface area contributed by atoms with Crippen LogP contribution in [0.2, 0.25) is 0 Å². The van der Waals surface area contributed by atoms with Gasteiger partial charge in [-0.1, -0.05) is 6.92 Å². The summed E-state index contributed by atoms with van der Waals surface area (Å²) >= 11 is 0. The maximum Gasteiger partial charge on any atom is 0.148 e. The van der Waals surface area contributed by atoms with Crippen molar-refractivity contribution in [2.75, 3.05) is 24.3 Å². The Morgan fingerprint density at radius 2 is 1.94 bits per heavy atom. The highest BCUT2D eigenvalue weighted by Gasteiger charge is 2.29. The summed E-state index contributed by atoms with van der Waals surface area (Å²) in [4.78, 5) is 0. The quantitative estimate of drug-likeness (QED) is 0.606. The molecule has 0 saturated heterocycles. The number of aliphatic hydroxyl groups excluding tert-OH is 2. The van der Waals surface area contributed by atoms with E-state index in [2.05, 4.69) is 10.4 Å². The molecule has 0 saturated carbocycles. The van der Waals surface area contributed by atoms with Crippen molar-refractivity contribution in [1.29, 1.82) is 0 Å². The van der Waals surface area contributed by atoms with Crippen LogP contribution in [0, 0.1) is 6.92 Å². The Labute approximate surface area is 108 Å². The first-order valence-corrected chi connectivity index (χ1v) is 6.25. The molecule has 0 aromatic carbocycles. The highest BCUT2D eigenvalue weighted by atomic mass is 16.3. The first-order valence-electron chi connectivity index (χ1n) is 6.25. The summed E-state index contributed by atoms with van der Waals surface area (Å²) in [6.07, 6.45) is 0.585. The Morgan fingerprint density at radius 3 is 2.33 bits per heavy atom. The summed E-state index contributed by atoms with van der Waals surface area (Å²) in [5.74, 6) is 0.660. The van der Waals surface area contributed by atoms with Gasteiger partial charge >= 0.3 is 0 Å². The number of nitrogens with two attached hydrogens (primary N) is 1. The molecule has 0 unspecified atom stereocenters. The first kappa shape index (κ1) is 14.8. The normalized spacial score (nSPS) is 12.2. The zero-order chi connectivity index (χ0) is 13.9. The van der Waals surface area contributed by atoms with Crippen molar-refractivity contribution < 1.29 is 10.2 Å². The molecule has 18 heavy (non-hydrogen) atoms. The van der Waals surface area contributed by atoms with Crippen LogP contribution in [-0.4, -0.2) is 38.7 Å². The number of nitrogens with one attached hydrogen (secondary N) is 1. The number of aryl methyl sites for hydroxylation is 1. The molecule has 6 nitrogen and oxygen atoms in total. The van der Waals surface area contributed by atoms with Gasteiger partial charge in [0.15, 0.2) is 0 Å². The standard InChI is InChI=1S/C12H24N4O2/c1-5-12(6-17,7-18)14-11-10(13)9(4)15-16(11)8(2)3/h8,14,17-18H,5-7,13H2,1-4H3. The van der Waals surface area contributed by atoms with Gasteiger partial charge in [-0.15, -0.1) is 0 Å². The van der Waals surface area contributed by atoms with Crippen molar-refractivity contribution in [1.82, 2.24) is 9.78 Å². The van der Waals surface area contributed by atoms with Crippen LogP contribution in [0.3, 0.4) is 0 Å². The zero-order valence-corrected chi connectivity index (χ0v) is 11.6. The van der Waals surface area contributed by atoms with E-state index in [9.17, 15) is 10.2 Å². The summed E-state index contributed by atoms with van der Waals surface area (Å²) in [6, 6.07) is 0.149. The molecule has 0 aliphatic carbocycles. The van der Waals surface area contributed by atoms with Crippen LogP contribution in [0.5, 0.6) is 0 Å². The molecule has 1 aromatic rings. The molecule has 1 aromatic heterocycles. The van der Waals surface area contributed by atoms with Crippen molar-refractivity contribution in [3.63, 3.8) is 0 Å². The number of aliphatic hydroxyl groups is 2. The van der Waals surface area contributed by atoms with Gasteiger partial charge in [0.25, 0.3) is 0 Å². The molecular formula is C12H24N4O2. The fourth-order valence-electron chi connectivity index (χ4n) is 1.75. The second-order valence-electron chi connectivity index (χ2n) is 4.96. The van der Waals surface area contributed by atoms with Crippen LogP contribution in [0.1, 0.15) is 38.9 Å². The van der Waals surface area contributed by atoms with Gasteiger partial charge in [-0.2, -0.15) is 5.10 Å². The van der Waals surface area contributed by atoms with Crippen LogP contribution in [0.4, 0.5) is 11.5 Å². The number of hydrogen-bond acceptors (Lipinski definition) is 5.